The summed E-state index contributed by atoms with van der Waals surface area (Å²) in [6.07, 6.45) is 2.45. The van der Waals surface area contributed by atoms with Crippen molar-refractivity contribution in [2.75, 3.05) is 6.54 Å². The highest BCUT2D eigenvalue weighted by molar-refractivity contribution is 7.09. The molecule has 0 spiro atoms. The van der Waals surface area contributed by atoms with Crippen LogP contribution in [0.5, 0.6) is 0 Å². The highest BCUT2D eigenvalue weighted by Gasteiger charge is 2.14. The summed E-state index contributed by atoms with van der Waals surface area (Å²) in [5, 5.41) is 5.21. The molecule has 3 heteroatoms. The second-order valence-electron chi connectivity index (χ2n) is 6.11. The van der Waals surface area contributed by atoms with Crippen molar-refractivity contribution in [1.82, 2.24) is 5.32 Å². The standard InChI is InChI=1S/C22H23NOS/c24-22(15-7-13-20-14-8-16-25-20)23-17-21(18-9-3-1-4-10-18)19-11-5-2-6-12-19/h1-6,8-12,14,16,21H,7,13,15,17H2,(H,23,24). The predicted molar refractivity (Wildman–Crippen MR) is 105 cm³/mol. The average Bonchev–Trinajstić information content (AvgIpc) is 3.17. The lowest BCUT2D eigenvalue weighted by Crippen LogP contribution is -2.28. The number of hydrogen-bond donors (Lipinski definition) is 1. The van der Waals surface area contributed by atoms with Crippen molar-refractivity contribution in [1.29, 1.82) is 0 Å². The van der Waals surface area contributed by atoms with Gasteiger partial charge < -0.3 is 5.32 Å². The van der Waals surface area contributed by atoms with E-state index in [0.717, 1.165) is 12.8 Å². The highest BCUT2D eigenvalue weighted by Crippen LogP contribution is 2.23. The number of carbonyl (C=O) groups excluding carboxylic acids is 1. The van der Waals surface area contributed by atoms with Gasteiger partial charge in [0.05, 0.1) is 0 Å². The molecule has 0 unspecified atom stereocenters. The van der Waals surface area contributed by atoms with Crippen LogP contribution < -0.4 is 5.32 Å². The van der Waals surface area contributed by atoms with E-state index in [0.29, 0.717) is 13.0 Å². The van der Waals surface area contributed by atoms with Gasteiger partial charge in [0.25, 0.3) is 0 Å². The zero-order valence-corrected chi connectivity index (χ0v) is 15.0. The van der Waals surface area contributed by atoms with Gasteiger partial charge in [-0.1, -0.05) is 66.7 Å². The van der Waals surface area contributed by atoms with Crippen LogP contribution in [0.3, 0.4) is 0 Å². The number of amides is 1. The van der Waals surface area contributed by atoms with E-state index < -0.39 is 0 Å². The van der Waals surface area contributed by atoms with Crippen molar-refractivity contribution in [2.24, 2.45) is 0 Å². The number of benzene rings is 2. The molecule has 0 saturated heterocycles. The van der Waals surface area contributed by atoms with Crippen LogP contribution in [0.15, 0.2) is 78.2 Å². The van der Waals surface area contributed by atoms with Gasteiger partial charge in [-0.25, -0.2) is 0 Å². The molecule has 2 nitrogen and oxygen atoms in total. The maximum Gasteiger partial charge on any atom is 0.220 e. The van der Waals surface area contributed by atoms with Gasteiger partial charge in [-0.2, -0.15) is 0 Å². The summed E-state index contributed by atoms with van der Waals surface area (Å²) in [6.45, 7) is 0.631. The van der Waals surface area contributed by atoms with Crippen LogP contribution in [0.2, 0.25) is 0 Å². The van der Waals surface area contributed by atoms with E-state index in [1.807, 2.05) is 36.4 Å². The van der Waals surface area contributed by atoms with E-state index in [2.05, 4.69) is 47.1 Å². The van der Waals surface area contributed by atoms with E-state index >= 15 is 0 Å². The molecule has 0 atom stereocenters. The zero-order valence-electron chi connectivity index (χ0n) is 14.2. The molecule has 0 aliphatic carbocycles. The molecule has 0 radical (unpaired) electrons. The molecule has 3 rings (SSSR count). The lowest BCUT2D eigenvalue weighted by atomic mass is 9.91. The monoisotopic (exact) mass is 349 g/mol. The minimum Gasteiger partial charge on any atom is -0.355 e. The average molecular weight is 349 g/mol. The van der Waals surface area contributed by atoms with E-state index in [4.69, 9.17) is 0 Å². The molecule has 0 aliphatic rings. The number of aryl methyl sites for hydroxylation is 1. The molecule has 0 saturated carbocycles. The largest absolute Gasteiger partial charge is 0.355 e. The zero-order chi connectivity index (χ0) is 17.3. The Morgan fingerprint density at radius 2 is 1.52 bits per heavy atom. The van der Waals surface area contributed by atoms with Crippen LogP contribution in [0, 0.1) is 0 Å². The summed E-state index contributed by atoms with van der Waals surface area (Å²) in [5.41, 5.74) is 2.46. The van der Waals surface area contributed by atoms with E-state index in [1.54, 1.807) is 11.3 Å². The van der Waals surface area contributed by atoms with Crippen molar-refractivity contribution in [3.05, 3.63) is 94.2 Å². The maximum atomic E-state index is 12.2. The van der Waals surface area contributed by atoms with Crippen LogP contribution in [-0.2, 0) is 11.2 Å². The third kappa shape index (κ3) is 5.30. The third-order valence-corrected chi connectivity index (χ3v) is 5.25. The van der Waals surface area contributed by atoms with E-state index in [9.17, 15) is 4.79 Å². The SMILES string of the molecule is O=C(CCCc1cccs1)NCC(c1ccccc1)c1ccccc1. The molecule has 0 aliphatic heterocycles. The third-order valence-electron chi connectivity index (χ3n) is 4.31. The summed E-state index contributed by atoms with van der Waals surface area (Å²) in [5.74, 6) is 0.317. The summed E-state index contributed by atoms with van der Waals surface area (Å²) >= 11 is 1.76. The highest BCUT2D eigenvalue weighted by atomic mass is 32.1. The Bertz CT molecular complexity index is 714. The smallest absolute Gasteiger partial charge is 0.220 e. The van der Waals surface area contributed by atoms with E-state index in [-0.39, 0.29) is 11.8 Å². The summed E-state index contributed by atoms with van der Waals surface area (Å²) < 4.78 is 0. The first-order valence-corrected chi connectivity index (χ1v) is 9.60. The summed E-state index contributed by atoms with van der Waals surface area (Å²) in [4.78, 5) is 13.6. The van der Waals surface area contributed by atoms with Crippen molar-refractivity contribution >= 4 is 17.2 Å². The molecular weight excluding hydrogens is 326 g/mol. The van der Waals surface area contributed by atoms with Gasteiger partial charge >= 0.3 is 0 Å². The molecule has 2 aromatic carbocycles. The van der Waals surface area contributed by atoms with Gasteiger partial charge in [0, 0.05) is 23.8 Å². The minimum absolute atomic E-state index is 0.133. The summed E-state index contributed by atoms with van der Waals surface area (Å²) in [6, 6.07) is 24.9. The van der Waals surface area contributed by atoms with Gasteiger partial charge in [-0.3, -0.25) is 4.79 Å². The Labute approximate surface area is 153 Å². The van der Waals surface area contributed by atoms with Gasteiger partial charge in [-0.05, 0) is 35.4 Å². The number of rotatable bonds is 8. The molecule has 1 amide bonds. The molecule has 0 bridgehead atoms. The fraction of sp³-hybridized carbons (Fsp3) is 0.227. The Morgan fingerprint density at radius 3 is 2.08 bits per heavy atom. The van der Waals surface area contributed by atoms with Gasteiger partial charge in [0.1, 0.15) is 0 Å². The Morgan fingerprint density at radius 1 is 0.880 bits per heavy atom. The molecule has 1 N–H and O–H groups in total. The van der Waals surface area contributed by atoms with Crippen LogP contribution in [0.1, 0.15) is 34.8 Å². The molecule has 0 fully saturated rings. The normalized spacial score (nSPS) is 10.8. The van der Waals surface area contributed by atoms with Crippen LogP contribution >= 0.6 is 11.3 Å². The summed E-state index contributed by atoms with van der Waals surface area (Å²) in [7, 11) is 0. The lowest BCUT2D eigenvalue weighted by Gasteiger charge is -2.19. The van der Waals surface area contributed by atoms with Crippen molar-refractivity contribution in [3.8, 4) is 0 Å². The van der Waals surface area contributed by atoms with Crippen molar-refractivity contribution < 1.29 is 4.79 Å². The molecule has 1 aromatic heterocycles. The number of carbonyl (C=O) groups is 1. The molecule has 1 heterocycles. The molecular formula is C22H23NOS. The Kier molecular flexibility index (Phi) is 6.41. The second kappa shape index (κ2) is 9.19. The predicted octanol–water partition coefficient (Wildman–Crippen LogP) is 5.02. The molecule has 3 aromatic rings. The van der Waals surface area contributed by atoms with Crippen LogP contribution in [0.25, 0.3) is 0 Å². The first kappa shape index (κ1) is 17.4. The molecule has 25 heavy (non-hydrogen) atoms. The van der Waals surface area contributed by atoms with Gasteiger partial charge in [0.2, 0.25) is 5.91 Å². The van der Waals surface area contributed by atoms with Gasteiger partial charge in [0.15, 0.2) is 0 Å². The fourth-order valence-electron chi connectivity index (χ4n) is 2.98. The first-order valence-electron chi connectivity index (χ1n) is 8.72. The topological polar surface area (TPSA) is 29.1 Å². The number of nitrogens with one attached hydrogen (secondary N) is 1. The second-order valence-corrected chi connectivity index (χ2v) is 7.14. The van der Waals surface area contributed by atoms with E-state index in [1.165, 1.54) is 16.0 Å². The number of thiophene rings is 1. The Hall–Kier alpha value is -2.39. The van der Waals surface area contributed by atoms with Crippen LogP contribution in [0.4, 0.5) is 0 Å². The van der Waals surface area contributed by atoms with Crippen molar-refractivity contribution in [2.45, 2.75) is 25.2 Å². The van der Waals surface area contributed by atoms with Crippen LogP contribution in [-0.4, -0.2) is 12.5 Å². The molecule has 128 valence electrons. The maximum absolute atomic E-state index is 12.2. The van der Waals surface area contributed by atoms with Gasteiger partial charge in [-0.15, -0.1) is 11.3 Å². The Balaban J connectivity index is 1.56. The first-order chi connectivity index (χ1) is 12.3. The van der Waals surface area contributed by atoms with Crippen molar-refractivity contribution in [3.63, 3.8) is 0 Å². The quantitative estimate of drug-likeness (QED) is 0.608. The fourth-order valence-corrected chi connectivity index (χ4v) is 3.73. The number of hydrogen-bond acceptors (Lipinski definition) is 2. The minimum atomic E-state index is 0.133. The lowest BCUT2D eigenvalue weighted by molar-refractivity contribution is -0.121.